The minimum absolute atomic E-state index is 0.584. The minimum Gasteiger partial charge on any atom is -0.698 e. The summed E-state index contributed by atoms with van der Waals surface area (Å²) < 4.78 is 0. The first-order valence-corrected chi connectivity index (χ1v) is 17.8. The van der Waals surface area contributed by atoms with E-state index in [1.807, 2.05) is 0 Å². The molecule has 6 aromatic rings. The molecule has 0 amide bonds. The van der Waals surface area contributed by atoms with Gasteiger partial charge in [0.05, 0.1) is 0 Å². The zero-order valence-electron chi connectivity index (χ0n) is 31.5. The Balaban J connectivity index is 1.45. The third-order valence-corrected chi connectivity index (χ3v) is 10.3. The van der Waals surface area contributed by atoms with Crippen LogP contribution < -0.4 is 0 Å². The van der Waals surface area contributed by atoms with Crippen molar-refractivity contribution in [2.24, 2.45) is 0 Å². The molecule has 254 valence electrons. The van der Waals surface area contributed by atoms with Crippen LogP contribution in [0.25, 0.3) is 56.0 Å². The number of benzene rings is 6. The highest BCUT2D eigenvalue weighted by Gasteiger charge is 2.18. The van der Waals surface area contributed by atoms with Crippen LogP contribution >= 0.6 is 0 Å². The van der Waals surface area contributed by atoms with Gasteiger partial charge in [-0.3, -0.25) is 0 Å². The van der Waals surface area contributed by atoms with Gasteiger partial charge in [0.2, 0.25) is 0 Å². The first-order valence-electron chi connectivity index (χ1n) is 17.8. The molecular formula is C48H50N2-2. The van der Waals surface area contributed by atoms with Gasteiger partial charge in [-0.25, -0.2) is 0 Å². The lowest BCUT2D eigenvalue weighted by Crippen LogP contribution is -2.02. The number of nitrogens with one attached hydrogen (secondary N) is 2. The van der Waals surface area contributed by atoms with Crippen LogP contribution in [-0.2, 0) is 12.8 Å². The fraction of sp³-hybridized carbons (Fsp3) is 0.250. The SMILES string of the molecule is Cc1cc(C)c(-c2cccc(-c3c(C)cc(C)cc3CCc3cc(C)cc(C)c3-c3cccc(-c4c(C)cc(C)cc4C)c3[NH-])c2[NH-])c(C)c1. The van der Waals surface area contributed by atoms with Crippen molar-refractivity contribution in [2.75, 3.05) is 0 Å². The minimum atomic E-state index is 0.584. The van der Waals surface area contributed by atoms with E-state index in [1.54, 1.807) is 0 Å². The van der Waals surface area contributed by atoms with Crippen molar-refractivity contribution in [2.45, 2.75) is 82.1 Å². The Morgan fingerprint density at radius 2 is 0.580 bits per heavy atom. The standard InChI is InChI=1S/C48H50N2/c1-27-19-31(5)43(32(6)20-27)39-13-11-15-41(47(39)49)45-35(9)23-29(3)25-37(45)17-18-38-26-30(4)24-36(10)46(38)42-16-12-14-40(48(42)50)44-33(7)21-28(2)22-34(44)8/h11-16,19-26,49-50H,17-18H2,1-10H3/q-2. The Morgan fingerprint density at radius 1 is 0.340 bits per heavy atom. The van der Waals surface area contributed by atoms with Crippen LogP contribution in [0.1, 0.15) is 66.8 Å². The molecule has 0 saturated heterocycles. The number of aryl methyl sites for hydroxylation is 12. The van der Waals surface area contributed by atoms with E-state index in [0.29, 0.717) is 11.4 Å². The highest BCUT2D eigenvalue weighted by molar-refractivity contribution is 5.95. The average molecular weight is 655 g/mol. The fourth-order valence-electron chi connectivity index (χ4n) is 8.69. The second kappa shape index (κ2) is 13.7. The van der Waals surface area contributed by atoms with Gasteiger partial charge in [0, 0.05) is 0 Å². The average Bonchev–Trinajstić information content (AvgIpc) is 3.01. The van der Waals surface area contributed by atoms with Gasteiger partial charge in [0.25, 0.3) is 0 Å². The normalized spacial score (nSPS) is 11.3. The van der Waals surface area contributed by atoms with Gasteiger partial charge in [-0.2, -0.15) is 0 Å². The molecule has 0 fully saturated rings. The van der Waals surface area contributed by atoms with Gasteiger partial charge in [0.15, 0.2) is 0 Å². The highest BCUT2D eigenvalue weighted by Crippen LogP contribution is 2.46. The van der Waals surface area contributed by atoms with Crippen LogP contribution in [0.2, 0.25) is 0 Å². The fourth-order valence-corrected chi connectivity index (χ4v) is 8.69. The molecule has 0 aliphatic heterocycles. The monoisotopic (exact) mass is 654 g/mol. The van der Waals surface area contributed by atoms with Crippen molar-refractivity contribution in [1.29, 1.82) is 0 Å². The van der Waals surface area contributed by atoms with Crippen LogP contribution in [0.4, 0.5) is 11.4 Å². The number of hydrogen-bond donors (Lipinski definition) is 0. The van der Waals surface area contributed by atoms with Crippen molar-refractivity contribution >= 4 is 11.4 Å². The summed E-state index contributed by atoms with van der Waals surface area (Å²) >= 11 is 0. The molecule has 2 heteroatoms. The van der Waals surface area contributed by atoms with E-state index in [4.69, 9.17) is 0 Å². The summed E-state index contributed by atoms with van der Waals surface area (Å²) in [6, 6.07) is 30.7. The van der Waals surface area contributed by atoms with Crippen molar-refractivity contribution in [3.8, 4) is 44.5 Å². The quantitative estimate of drug-likeness (QED) is 0.164. The summed E-state index contributed by atoms with van der Waals surface area (Å²) in [6.45, 7) is 21.6. The topological polar surface area (TPSA) is 47.6 Å². The predicted molar refractivity (Wildman–Crippen MR) is 217 cm³/mol. The molecule has 6 rings (SSSR count). The van der Waals surface area contributed by atoms with E-state index >= 15 is 0 Å². The summed E-state index contributed by atoms with van der Waals surface area (Å²) in [6.07, 6.45) is 1.67. The van der Waals surface area contributed by atoms with Crippen molar-refractivity contribution in [3.05, 3.63) is 163 Å². The maximum Gasteiger partial charge on any atom is -0.0134 e. The zero-order chi connectivity index (χ0) is 36.0. The second-order valence-corrected chi connectivity index (χ2v) is 14.7. The van der Waals surface area contributed by atoms with E-state index in [1.165, 1.54) is 77.9 Å². The molecule has 6 aromatic carbocycles. The smallest absolute Gasteiger partial charge is 0.0134 e. The second-order valence-electron chi connectivity index (χ2n) is 14.7. The van der Waals surface area contributed by atoms with E-state index in [9.17, 15) is 11.5 Å². The van der Waals surface area contributed by atoms with Gasteiger partial charge in [0.1, 0.15) is 0 Å². The predicted octanol–water partition coefficient (Wildman–Crippen LogP) is 14.6. The lowest BCUT2D eigenvalue weighted by molar-refractivity contribution is 0.955. The summed E-state index contributed by atoms with van der Waals surface area (Å²) in [5.41, 5.74) is 43.6. The molecule has 0 heterocycles. The maximum absolute atomic E-state index is 9.55. The molecule has 0 aliphatic carbocycles. The molecular weight excluding hydrogens is 605 g/mol. The number of hydrogen-bond acceptors (Lipinski definition) is 0. The molecule has 0 unspecified atom stereocenters. The maximum atomic E-state index is 9.55. The highest BCUT2D eigenvalue weighted by atomic mass is 14.6. The summed E-state index contributed by atoms with van der Waals surface area (Å²) in [5, 5.41) is 0. The third kappa shape index (κ3) is 6.48. The molecule has 0 atom stereocenters. The third-order valence-electron chi connectivity index (χ3n) is 10.3. The Morgan fingerprint density at radius 3 is 0.880 bits per heavy atom. The molecule has 0 radical (unpaired) electrons. The van der Waals surface area contributed by atoms with Crippen LogP contribution in [0, 0.1) is 69.2 Å². The lowest BCUT2D eigenvalue weighted by atomic mass is 9.84. The molecule has 2 N–H and O–H groups in total. The molecule has 0 aliphatic rings. The van der Waals surface area contributed by atoms with E-state index in [2.05, 4.69) is 154 Å². The van der Waals surface area contributed by atoms with Crippen molar-refractivity contribution < 1.29 is 0 Å². The molecule has 50 heavy (non-hydrogen) atoms. The van der Waals surface area contributed by atoms with Crippen LogP contribution in [0.15, 0.2) is 84.9 Å². The summed E-state index contributed by atoms with van der Waals surface area (Å²) in [7, 11) is 0. The van der Waals surface area contributed by atoms with E-state index in [-0.39, 0.29) is 0 Å². The molecule has 2 nitrogen and oxygen atoms in total. The van der Waals surface area contributed by atoms with Crippen LogP contribution in [-0.4, -0.2) is 0 Å². The Bertz CT molecular complexity index is 2080. The molecule has 0 bridgehead atoms. The Hall–Kier alpha value is -5.08. The van der Waals surface area contributed by atoms with Gasteiger partial charge in [-0.05, 0) is 171 Å². The Kier molecular flexibility index (Phi) is 9.51. The Labute approximate surface area is 300 Å². The van der Waals surface area contributed by atoms with Crippen molar-refractivity contribution in [3.63, 3.8) is 0 Å². The van der Waals surface area contributed by atoms with Crippen LogP contribution in [0.5, 0.6) is 0 Å². The van der Waals surface area contributed by atoms with Gasteiger partial charge < -0.3 is 11.5 Å². The lowest BCUT2D eigenvalue weighted by Gasteiger charge is -2.25. The summed E-state index contributed by atoms with van der Waals surface area (Å²) in [5.74, 6) is 0. The van der Waals surface area contributed by atoms with E-state index in [0.717, 1.165) is 46.2 Å². The zero-order valence-corrected chi connectivity index (χ0v) is 31.5. The largest absolute Gasteiger partial charge is 0.698 e. The number of rotatable bonds is 7. The van der Waals surface area contributed by atoms with Crippen molar-refractivity contribution in [1.82, 2.24) is 0 Å². The first-order chi connectivity index (χ1) is 23.7. The van der Waals surface area contributed by atoms with Gasteiger partial charge in [-0.1, -0.05) is 107 Å². The molecule has 0 aromatic heterocycles. The first kappa shape index (κ1) is 34.8. The van der Waals surface area contributed by atoms with E-state index < -0.39 is 0 Å². The summed E-state index contributed by atoms with van der Waals surface area (Å²) in [4.78, 5) is 0. The molecule has 0 spiro atoms. The van der Waals surface area contributed by atoms with Gasteiger partial charge in [-0.15, -0.1) is 11.4 Å². The molecule has 0 saturated carbocycles. The van der Waals surface area contributed by atoms with Gasteiger partial charge >= 0.3 is 0 Å². The van der Waals surface area contributed by atoms with Crippen LogP contribution in [0.3, 0.4) is 0 Å².